The first-order valence-electron chi connectivity index (χ1n) is 8.85. The highest BCUT2D eigenvalue weighted by Crippen LogP contribution is 2.32. The molecule has 6 nitrogen and oxygen atoms in total. The van der Waals surface area contributed by atoms with Crippen LogP contribution in [0, 0.1) is 13.8 Å². The molecule has 144 valence electrons. The lowest BCUT2D eigenvalue weighted by molar-refractivity contribution is -0.117. The molecule has 0 atom stereocenters. The van der Waals surface area contributed by atoms with E-state index in [0.717, 1.165) is 28.1 Å². The maximum atomic E-state index is 12.0. The van der Waals surface area contributed by atoms with E-state index in [0.29, 0.717) is 5.16 Å². The van der Waals surface area contributed by atoms with Gasteiger partial charge in [-0.25, -0.2) is 9.78 Å². The van der Waals surface area contributed by atoms with Crippen molar-refractivity contribution >= 4 is 23.7 Å². The Hall–Kier alpha value is -3.06. The fraction of sp³-hybridized carbons (Fsp3) is 0.190. The molecule has 3 rings (SSSR count). The Bertz CT molecular complexity index is 979. The van der Waals surface area contributed by atoms with E-state index in [-0.39, 0.29) is 11.7 Å². The Balaban J connectivity index is 2.01. The molecule has 0 spiro atoms. The van der Waals surface area contributed by atoms with Gasteiger partial charge in [-0.15, -0.1) is 0 Å². The van der Waals surface area contributed by atoms with Crippen LogP contribution in [0.5, 0.6) is 0 Å². The van der Waals surface area contributed by atoms with Gasteiger partial charge in [-0.2, -0.15) is 0 Å². The summed E-state index contributed by atoms with van der Waals surface area (Å²) in [6.07, 6.45) is 1.82. The van der Waals surface area contributed by atoms with Crippen LogP contribution in [0.15, 0.2) is 59.9 Å². The van der Waals surface area contributed by atoms with Gasteiger partial charge in [0.1, 0.15) is 0 Å². The molecule has 7 heteroatoms. The lowest BCUT2D eigenvalue weighted by atomic mass is 10.1. The predicted molar refractivity (Wildman–Crippen MR) is 112 cm³/mol. The normalized spacial score (nSPS) is 10.5. The number of rotatable bonds is 5. The van der Waals surface area contributed by atoms with E-state index < -0.39 is 6.03 Å². The fourth-order valence-electron chi connectivity index (χ4n) is 2.98. The van der Waals surface area contributed by atoms with E-state index in [1.807, 2.05) is 42.6 Å². The van der Waals surface area contributed by atoms with Crippen LogP contribution < -0.4 is 10.6 Å². The van der Waals surface area contributed by atoms with Gasteiger partial charge in [-0.3, -0.25) is 14.7 Å². The van der Waals surface area contributed by atoms with Gasteiger partial charge in [-0.05, 0) is 25.0 Å². The third kappa shape index (κ3) is 4.26. The zero-order chi connectivity index (χ0) is 20.1. The molecular formula is C21H22N4O2S. The first kappa shape index (κ1) is 19.7. The molecule has 0 saturated heterocycles. The number of imidazole rings is 1. The summed E-state index contributed by atoms with van der Waals surface area (Å²) in [5.74, 6) is -0.287. The van der Waals surface area contributed by atoms with Crippen molar-refractivity contribution in [2.24, 2.45) is 0 Å². The van der Waals surface area contributed by atoms with Crippen molar-refractivity contribution in [2.45, 2.75) is 19.0 Å². The number of urea groups is 1. The van der Waals surface area contributed by atoms with Crippen LogP contribution in [-0.4, -0.2) is 34.3 Å². The molecule has 2 N–H and O–H groups in total. The summed E-state index contributed by atoms with van der Waals surface area (Å²) < 4.78 is 2.08. The Morgan fingerprint density at radius 3 is 2.36 bits per heavy atom. The van der Waals surface area contributed by atoms with Gasteiger partial charge in [-0.1, -0.05) is 60.3 Å². The number of aryl methyl sites for hydroxylation is 2. The van der Waals surface area contributed by atoms with Crippen molar-refractivity contribution in [1.29, 1.82) is 0 Å². The fourth-order valence-corrected chi connectivity index (χ4v) is 3.76. The number of para-hydroxylation sites is 1. The first-order chi connectivity index (χ1) is 13.5. The van der Waals surface area contributed by atoms with E-state index in [2.05, 4.69) is 46.2 Å². The van der Waals surface area contributed by atoms with Gasteiger partial charge in [0.2, 0.25) is 5.91 Å². The zero-order valence-electron chi connectivity index (χ0n) is 16.0. The molecule has 0 aliphatic rings. The minimum atomic E-state index is -0.520. The maximum Gasteiger partial charge on any atom is 0.321 e. The minimum absolute atomic E-state index is 0.0869. The van der Waals surface area contributed by atoms with Crippen LogP contribution >= 0.6 is 11.8 Å². The number of amides is 3. The quantitative estimate of drug-likeness (QED) is 0.647. The molecule has 3 amide bonds. The summed E-state index contributed by atoms with van der Waals surface area (Å²) in [7, 11) is 1.47. The number of imide groups is 1. The summed E-state index contributed by atoms with van der Waals surface area (Å²) >= 11 is 1.30. The molecule has 0 bridgehead atoms. The molecular weight excluding hydrogens is 372 g/mol. The maximum absolute atomic E-state index is 12.0. The lowest BCUT2D eigenvalue weighted by Crippen LogP contribution is -2.38. The second-order valence-corrected chi connectivity index (χ2v) is 7.23. The predicted octanol–water partition coefficient (Wildman–Crippen LogP) is 3.70. The van der Waals surface area contributed by atoms with Gasteiger partial charge in [0.15, 0.2) is 5.16 Å². The van der Waals surface area contributed by atoms with Crippen molar-refractivity contribution in [3.63, 3.8) is 0 Å². The van der Waals surface area contributed by atoms with Crippen LogP contribution in [0.4, 0.5) is 4.79 Å². The zero-order valence-corrected chi connectivity index (χ0v) is 16.8. The van der Waals surface area contributed by atoms with Crippen molar-refractivity contribution in [3.8, 4) is 16.9 Å². The molecule has 1 aromatic heterocycles. The highest BCUT2D eigenvalue weighted by atomic mass is 32.2. The number of carbonyl (C=O) groups is 2. The largest absolute Gasteiger partial charge is 0.341 e. The summed E-state index contributed by atoms with van der Waals surface area (Å²) in [4.78, 5) is 27.9. The van der Waals surface area contributed by atoms with Crippen molar-refractivity contribution in [1.82, 2.24) is 20.2 Å². The SMILES string of the molecule is CNC(=O)NC(=O)CSc1ncc(-c2ccccc2)n1-c1c(C)cccc1C. The number of carbonyl (C=O) groups excluding carboxylic acids is 2. The Morgan fingerprint density at radius 1 is 1.04 bits per heavy atom. The number of nitrogens with one attached hydrogen (secondary N) is 2. The van der Waals surface area contributed by atoms with E-state index in [9.17, 15) is 9.59 Å². The van der Waals surface area contributed by atoms with Gasteiger partial charge < -0.3 is 5.32 Å². The summed E-state index contributed by atoms with van der Waals surface area (Å²) in [6.45, 7) is 4.12. The highest BCUT2D eigenvalue weighted by Gasteiger charge is 2.18. The topological polar surface area (TPSA) is 76.0 Å². The van der Waals surface area contributed by atoms with E-state index in [1.54, 1.807) is 0 Å². The average molecular weight is 395 g/mol. The monoisotopic (exact) mass is 394 g/mol. The molecule has 0 unspecified atom stereocenters. The molecule has 0 aliphatic heterocycles. The van der Waals surface area contributed by atoms with Crippen LogP contribution in [-0.2, 0) is 4.79 Å². The second-order valence-electron chi connectivity index (χ2n) is 6.28. The minimum Gasteiger partial charge on any atom is -0.341 e. The van der Waals surface area contributed by atoms with Crippen LogP contribution in [0.3, 0.4) is 0 Å². The van der Waals surface area contributed by atoms with Crippen molar-refractivity contribution in [2.75, 3.05) is 12.8 Å². The molecule has 3 aromatic rings. The first-order valence-corrected chi connectivity index (χ1v) is 9.84. The average Bonchev–Trinajstić information content (AvgIpc) is 3.10. The van der Waals surface area contributed by atoms with E-state index >= 15 is 0 Å². The Kier molecular flexibility index (Phi) is 6.16. The standard InChI is InChI=1S/C21H22N4O2S/c1-14-8-7-9-15(2)19(14)25-17(16-10-5-4-6-11-16)12-23-21(25)28-13-18(26)24-20(27)22-3/h4-12H,13H2,1-3H3,(H2,22,24,26,27). The summed E-state index contributed by atoms with van der Waals surface area (Å²) in [5, 5.41) is 5.34. The van der Waals surface area contributed by atoms with E-state index in [4.69, 9.17) is 0 Å². The van der Waals surface area contributed by atoms with Crippen LogP contribution in [0.1, 0.15) is 11.1 Å². The molecule has 0 aliphatic carbocycles. The van der Waals surface area contributed by atoms with E-state index in [1.165, 1.54) is 18.8 Å². The molecule has 0 radical (unpaired) electrons. The molecule has 28 heavy (non-hydrogen) atoms. The van der Waals surface area contributed by atoms with Gasteiger partial charge >= 0.3 is 6.03 Å². The Morgan fingerprint density at radius 2 is 1.71 bits per heavy atom. The van der Waals surface area contributed by atoms with Crippen molar-refractivity contribution in [3.05, 3.63) is 65.9 Å². The molecule has 0 saturated carbocycles. The number of nitrogens with zero attached hydrogens (tertiary/aromatic N) is 2. The van der Waals surface area contributed by atoms with Crippen LogP contribution in [0.2, 0.25) is 0 Å². The van der Waals surface area contributed by atoms with Gasteiger partial charge in [0.05, 0.1) is 23.3 Å². The number of aromatic nitrogens is 2. The van der Waals surface area contributed by atoms with Gasteiger partial charge in [0, 0.05) is 12.6 Å². The number of benzene rings is 2. The third-order valence-electron chi connectivity index (χ3n) is 4.27. The molecule has 0 fully saturated rings. The molecule has 2 aromatic carbocycles. The highest BCUT2D eigenvalue weighted by molar-refractivity contribution is 7.99. The second kappa shape index (κ2) is 8.75. The smallest absolute Gasteiger partial charge is 0.321 e. The Labute approximate surface area is 168 Å². The summed E-state index contributed by atoms with van der Waals surface area (Å²) in [6, 6.07) is 15.6. The molecule has 1 heterocycles. The van der Waals surface area contributed by atoms with Crippen LogP contribution in [0.25, 0.3) is 16.9 Å². The van der Waals surface area contributed by atoms with Gasteiger partial charge in [0.25, 0.3) is 0 Å². The number of hydrogen-bond donors (Lipinski definition) is 2. The number of thioether (sulfide) groups is 1. The third-order valence-corrected chi connectivity index (χ3v) is 5.23. The number of hydrogen-bond acceptors (Lipinski definition) is 4. The van der Waals surface area contributed by atoms with Crippen molar-refractivity contribution < 1.29 is 9.59 Å². The summed E-state index contributed by atoms with van der Waals surface area (Å²) in [5.41, 5.74) is 5.28. The lowest BCUT2D eigenvalue weighted by Gasteiger charge is -2.17.